The second-order valence-electron chi connectivity index (χ2n) is 5.64. The monoisotopic (exact) mass is 312 g/mol. The van der Waals surface area contributed by atoms with Crippen LogP contribution in [-0.4, -0.2) is 21.6 Å². The Morgan fingerprint density at radius 1 is 1.22 bits per heavy atom. The highest BCUT2D eigenvalue weighted by Crippen LogP contribution is 2.16. The predicted octanol–water partition coefficient (Wildman–Crippen LogP) is 3.66. The van der Waals surface area contributed by atoms with Crippen molar-refractivity contribution in [2.24, 2.45) is 0 Å². The molecule has 0 N–H and O–H groups in total. The zero-order valence-electron chi connectivity index (χ0n) is 14.0. The van der Waals surface area contributed by atoms with E-state index in [2.05, 4.69) is 23.3 Å². The van der Waals surface area contributed by atoms with Gasteiger partial charge in [-0.05, 0) is 44.2 Å². The molecule has 0 aliphatic heterocycles. The fraction of sp³-hybridized carbons (Fsp3) is 0.500. The average molecular weight is 312 g/mol. The van der Waals surface area contributed by atoms with Crippen LogP contribution in [0.4, 0.5) is 0 Å². The van der Waals surface area contributed by atoms with Gasteiger partial charge in [0, 0.05) is 6.54 Å². The van der Waals surface area contributed by atoms with Crippen molar-refractivity contribution in [2.75, 3.05) is 6.61 Å². The molecule has 1 aromatic carbocycles. The van der Waals surface area contributed by atoms with Gasteiger partial charge in [0.25, 0.3) is 0 Å². The van der Waals surface area contributed by atoms with Gasteiger partial charge in [0.1, 0.15) is 11.8 Å². The van der Waals surface area contributed by atoms with Crippen molar-refractivity contribution >= 4 is 0 Å². The van der Waals surface area contributed by atoms with E-state index in [1.54, 1.807) is 0 Å². The third-order valence-corrected chi connectivity index (χ3v) is 3.83. The average Bonchev–Trinajstić information content (AvgIpc) is 2.96. The molecule has 122 valence electrons. The number of benzene rings is 1. The molecule has 0 atom stereocenters. The molecule has 2 aromatic rings. The summed E-state index contributed by atoms with van der Waals surface area (Å²) in [6.07, 6.45) is 4.92. The van der Waals surface area contributed by atoms with Crippen molar-refractivity contribution in [3.8, 4) is 11.8 Å². The first-order valence-electron chi connectivity index (χ1n) is 8.27. The van der Waals surface area contributed by atoms with E-state index in [0.29, 0.717) is 12.3 Å². The van der Waals surface area contributed by atoms with Crippen molar-refractivity contribution < 1.29 is 4.74 Å². The van der Waals surface area contributed by atoms with Crippen LogP contribution in [0.15, 0.2) is 24.3 Å². The first-order chi connectivity index (χ1) is 11.3. The van der Waals surface area contributed by atoms with E-state index < -0.39 is 0 Å². The second kappa shape index (κ2) is 8.94. The number of aryl methyl sites for hydroxylation is 2. The van der Waals surface area contributed by atoms with Crippen LogP contribution in [0.2, 0.25) is 0 Å². The number of rotatable bonds is 9. The quantitative estimate of drug-likeness (QED) is 0.663. The number of aromatic nitrogens is 3. The Labute approximate surface area is 137 Å². The highest BCUT2D eigenvalue weighted by atomic mass is 16.5. The number of hydrogen-bond donors (Lipinski definition) is 0. The van der Waals surface area contributed by atoms with Crippen molar-refractivity contribution in [3.63, 3.8) is 0 Å². The summed E-state index contributed by atoms with van der Waals surface area (Å²) in [4.78, 5) is 0. The minimum atomic E-state index is 0.467. The van der Waals surface area contributed by atoms with Crippen LogP contribution in [0.1, 0.15) is 49.6 Å². The van der Waals surface area contributed by atoms with Crippen LogP contribution in [0.25, 0.3) is 0 Å². The zero-order chi connectivity index (χ0) is 16.5. The standard InChI is InChI=1S/C18H24N4O/c1-3-4-10-17-16(14-19)20-21-22(17)12-7-8-13-23-18-11-6-5-9-15(18)2/h5-6,9,11H,3-4,7-8,10,12-13H2,1-2H3. The molecule has 1 aromatic heterocycles. The molecule has 0 unspecified atom stereocenters. The lowest BCUT2D eigenvalue weighted by Crippen LogP contribution is -2.08. The Morgan fingerprint density at radius 3 is 2.78 bits per heavy atom. The van der Waals surface area contributed by atoms with Gasteiger partial charge in [-0.1, -0.05) is 36.8 Å². The summed E-state index contributed by atoms with van der Waals surface area (Å²) < 4.78 is 7.68. The van der Waals surface area contributed by atoms with E-state index in [9.17, 15) is 0 Å². The van der Waals surface area contributed by atoms with Gasteiger partial charge in [0.15, 0.2) is 5.69 Å². The molecule has 2 rings (SSSR count). The topological polar surface area (TPSA) is 63.7 Å². The minimum absolute atomic E-state index is 0.467. The molecule has 0 aliphatic carbocycles. The van der Waals surface area contributed by atoms with Gasteiger partial charge in [-0.25, -0.2) is 4.68 Å². The molecule has 0 fully saturated rings. The van der Waals surface area contributed by atoms with Gasteiger partial charge in [0.2, 0.25) is 0 Å². The summed E-state index contributed by atoms with van der Waals surface area (Å²) in [5.41, 5.74) is 2.59. The normalized spacial score (nSPS) is 10.5. The second-order valence-corrected chi connectivity index (χ2v) is 5.64. The third kappa shape index (κ3) is 4.82. The summed E-state index contributed by atoms with van der Waals surface area (Å²) in [6.45, 7) is 5.66. The highest BCUT2D eigenvalue weighted by Gasteiger charge is 2.11. The molecule has 0 amide bonds. The van der Waals surface area contributed by atoms with Gasteiger partial charge in [0.05, 0.1) is 12.3 Å². The van der Waals surface area contributed by atoms with E-state index in [1.165, 1.54) is 0 Å². The number of hydrogen-bond acceptors (Lipinski definition) is 4. The number of para-hydroxylation sites is 1. The fourth-order valence-electron chi connectivity index (χ4n) is 2.46. The van der Waals surface area contributed by atoms with Crippen LogP contribution >= 0.6 is 0 Å². The Kier molecular flexibility index (Phi) is 6.61. The first kappa shape index (κ1) is 17.0. The number of unbranched alkanes of at least 4 members (excludes halogenated alkanes) is 2. The maximum Gasteiger partial charge on any atom is 0.185 e. The van der Waals surface area contributed by atoms with Gasteiger partial charge in [-0.3, -0.25) is 0 Å². The highest BCUT2D eigenvalue weighted by molar-refractivity contribution is 5.31. The van der Waals surface area contributed by atoms with Crippen molar-refractivity contribution in [2.45, 2.75) is 52.5 Å². The smallest absolute Gasteiger partial charge is 0.185 e. The van der Waals surface area contributed by atoms with E-state index in [0.717, 1.165) is 55.7 Å². The lowest BCUT2D eigenvalue weighted by atomic mass is 10.1. The molecule has 0 radical (unpaired) electrons. The van der Waals surface area contributed by atoms with E-state index in [-0.39, 0.29) is 0 Å². The van der Waals surface area contributed by atoms with Crippen LogP contribution < -0.4 is 4.74 Å². The molecule has 0 bridgehead atoms. The summed E-state index contributed by atoms with van der Waals surface area (Å²) in [7, 11) is 0. The van der Waals surface area contributed by atoms with Gasteiger partial charge in [-0.2, -0.15) is 5.26 Å². The summed E-state index contributed by atoms with van der Waals surface area (Å²) in [6, 6.07) is 10.2. The summed E-state index contributed by atoms with van der Waals surface area (Å²) in [5, 5.41) is 17.2. The first-order valence-corrected chi connectivity index (χ1v) is 8.27. The SMILES string of the molecule is CCCCc1c(C#N)nnn1CCCCOc1ccccc1C. The third-order valence-electron chi connectivity index (χ3n) is 3.83. The van der Waals surface area contributed by atoms with E-state index >= 15 is 0 Å². The molecule has 0 saturated heterocycles. The number of nitrogens with zero attached hydrogens (tertiary/aromatic N) is 4. The lowest BCUT2D eigenvalue weighted by molar-refractivity contribution is 0.299. The van der Waals surface area contributed by atoms with Gasteiger partial charge >= 0.3 is 0 Å². The Morgan fingerprint density at radius 2 is 2.04 bits per heavy atom. The van der Waals surface area contributed by atoms with Crippen molar-refractivity contribution in [3.05, 3.63) is 41.2 Å². The van der Waals surface area contributed by atoms with Crippen molar-refractivity contribution in [1.29, 1.82) is 5.26 Å². The summed E-state index contributed by atoms with van der Waals surface area (Å²) in [5.74, 6) is 0.948. The zero-order valence-corrected chi connectivity index (χ0v) is 14.0. The number of ether oxygens (including phenoxy) is 1. The molecule has 5 heteroatoms. The van der Waals surface area contributed by atoms with Crippen LogP contribution in [0, 0.1) is 18.3 Å². The fourth-order valence-corrected chi connectivity index (χ4v) is 2.46. The van der Waals surface area contributed by atoms with Gasteiger partial charge in [-0.15, -0.1) is 5.10 Å². The molecule has 5 nitrogen and oxygen atoms in total. The molecular formula is C18H24N4O. The Bertz CT molecular complexity index is 657. The molecule has 1 heterocycles. The maximum absolute atomic E-state index is 9.11. The molecular weight excluding hydrogens is 288 g/mol. The molecule has 0 saturated carbocycles. The van der Waals surface area contributed by atoms with Crippen LogP contribution in [0.5, 0.6) is 5.75 Å². The summed E-state index contributed by atoms with van der Waals surface area (Å²) >= 11 is 0. The Hall–Kier alpha value is -2.35. The molecule has 0 aliphatic rings. The minimum Gasteiger partial charge on any atom is -0.493 e. The largest absolute Gasteiger partial charge is 0.493 e. The predicted molar refractivity (Wildman–Crippen MR) is 89.3 cm³/mol. The van der Waals surface area contributed by atoms with E-state index in [4.69, 9.17) is 10.00 Å². The molecule has 23 heavy (non-hydrogen) atoms. The van der Waals surface area contributed by atoms with Crippen molar-refractivity contribution in [1.82, 2.24) is 15.0 Å². The van der Waals surface area contributed by atoms with Crippen LogP contribution in [-0.2, 0) is 13.0 Å². The Balaban J connectivity index is 1.79. The lowest BCUT2D eigenvalue weighted by Gasteiger charge is -2.09. The number of nitriles is 1. The van der Waals surface area contributed by atoms with Crippen LogP contribution in [0.3, 0.4) is 0 Å². The van der Waals surface area contributed by atoms with Gasteiger partial charge < -0.3 is 4.74 Å². The maximum atomic E-state index is 9.11. The molecule has 0 spiro atoms. The van der Waals surface area contributed by atoms with E-state index in [1.807, 2.05) is 35.9 Å².